The number of amides is 1. The summed E-state index contributed by atoms with van der Waals surface area (Å²) < 4.78 is 5.32. The molecule has 1 unspecified atom stereocenters. The summed E-state index contributed by atoms with van der Waals surface area (Å²) in [7, 11) is 3.44. The molecule has 1 heterocycles. The van der Waals surface area contributed by atoms with Crippen LogP contribution < -0.4 is 10.1 Å². The van der Waals surface area contributed by atoms with Crippen LogP contribution in [0.1, 0.15) is 12.0 Å². The Morgan fingerprint density at radius 2 is 2.38 bits per heavy atom. The van der Waals surface area contributed by atoms with Gasteiger partial charge in [0.1, 0.15) is 5.75 Å². The molecule has 1 N–H and O–H groups in total. The standard InChI is InChI=1S/C15H21ClN2O2S/c1-18(15(19)8-13-10-21-6-5-17-13)9-11-7-12(16)3-4-14(11)20-2/h3-4,7,13,17H,5-6,8-10H2,1-2H3. The lowest BCUT2D eigenvalue weighted by Crippen LogP contribution is -2.41. The van der Waals surface area contributed by atoms with Gasteiger partial charge in [0.15, 0.2) is 0 Å². The van der Waals surface area contributed by atoms with E-state index in [9.17, 15) is 4.79 Å². The molecule has 0 radical (unpaired) electrons. The van der Waals surface area contributed by atoms with Crippen LogP contribution in [0, 0.1) is 0 Å². The van der Waals surface area contributed by atoms with Gasteiger partial charge in [-0.2, -0.15) is 11.8 Å². The van der Waals surface area contributed by atoms with Crippen LogP contribution in [0.3, 0.4) is 0 Å². The minimum absolute atomic E-state index is 0.136. The van der Waals surface area contributed by atoms with Crippen molar-refractivity contribution >= 4 is 29.3 Å². The van der Waals surface area contributed by atoms with Gasteiger partial charge in [0.25, 0.3) is 0 Å². The molecule has 0 aromatic heterocycles. The Kier molecular flexibility index (Phi) is 6.21. The lowest BCUT2D eigenvalue weighted by Gasteiger charge is -2.25. The Balaban J connectivity index is 1.95. The maximum atomic E-state index is 12.3. The third-order valence-corrected chi connectivity index (χ3v) is 4.86. The molecule has 1 fully saturated rings. The summed E-state index contributed by atoms with van der Waals surface area (Å²) in [5.41, 5.74) is 0.923. The number of ether oxygens (including phenoxy) is 1. The fourth-order valence-corrected chi connectivity index (χ4v) is 3.48. The summed E-state index contributed by atoms with van der Waals surface area (Å²) in [5, 5.41) is 4.04. The van der Waals surface area contributed by atoms with E-state index in [0.717, 1.165) is 29.4 Å². The summed E-state index contributed by atoms with van der Waals surface area (Å²) in [5.74, 6) is 3.02. The third-order valence-electron chi connectivity index (χ3n) is 3.50. The lowest BCUT2D eigenvalue weighted by atomic mass is 10.1. The molecule has 6 heteroatoms. The number of rotatable bonds is 5. The molecule has 0 bridgehead atoms. The van der Waals surface area contributed by atoms with Crippen molar-refractivity contribution in [2.75, 3.05) is 32.2 Å². The first-order valence-electron chi connectivity index (χ1n) is 6.97. The van der Waals surface area contributed by atoms with Crippen molar-refractivity contribution in [1.29, 1.82) is 0 Å². The van der Waals surface area contributed by atoms with Crippen LogP contribution in [0.5, 0.6) is 5.75 Å². The SMILES string of the molecule is COc1ccc(Cl)cc1CN(C)C(=O)CC1CSCCN1. The molecule has 1 atom stereocenters. The number of methoxy groups -OCH3 is 1. The molecule has 2 rings (SSSR count). The van der Waals surface area contributed by atoms with Crippen molar-refractivity contribution in [3.8, 4) is 5.75 Å². The average molecular weight is 329 g/mol. The van der Waals surface area contributed by atoms with Crippen LogP contribution in [-0.2, 0) is 11.3 Å². The normalized spacial score (nSPS) is 18.3. The summed E-state index contributed by atoms with van der Waals surface area (Å²) >= 11 is 7.92. The Bertz CT molecular complexity index is 493. The van der Waals surface area contributed by atoms with Gasteiger partial charge in [-0.15, -0.1) is 0 Å². The van der Waals surface area contributed by atoms with Gasteiger partial charge in [0.2, 0.25) is 5.91 Å². The Morgan fingerprint density at radius 3 is 3.05 bits per heavy atom. The third kappa shape index (κ3) is 4.80. The number of benzene rings is 1. The van der Waals surface area contributed by atoms with Crippen molar-refractivity contribution in [2.24, 2.45) is 0 Å². The number of carbonyl (C=O) groups is 1. The highest BCUT2D eigenvalue weighted by Gasteiger charge is 2.19. The topological polar surface area (TPSA) is 41.6 Å². The maximum Gasteiger partial charge on any atom is 0.224 e. The zero-order valence-electron chi connectivity index (χ0n) is 12.4. The van der Waals surface area contributed by atoms with Crippen LogP contribution in [0.2, 0.25) is 5.02 Å². The molecule has 1 aromatic carbocycles. The lowest BCUT2D eigenvalue weighted by molar-refractivity contribution is -0.130. The number of hydrogen-bond acceptors (Lipinski definition) is 4. The molecule has 4 nitrogen and oxygen atoms in total. The van der Waals surface area contributed by atoms with Crippen molar-refractivity contribution in [3.63, 3.8) is 0 Å². The fourth-order valence-electron chi connectivity index (χ4n) is 2.33. The van der Waals surface area contributed by atoms with Gasteiger partial charge < -0.3 is 15.0 Å². The van der Waals surface area contributed by atoms with Crippen molar-refractivity contribution < 1.29 is 9.53 Å². The van der Waals surface area contributed by atoms with Gasteiger partial charge in [-0.25, -0.2) is 0 Å². The van der Waals surface area contributed by atoms with E-state index in [0.29, 0.717) is 18.0 Å². The summed E-state index contributed by atoms with van der Waals surface area (Å²) in [6.07, 6.45) is 0.534. The molecule has 0 saturated carbocycles. The van der Waals surface area contributed by atoms with E-state index in [1.54, 1.807) is 18.1 Å². The largest absolute Gasteiger partial charge is 0.496 e. The second-order valence-electron chi connectivity index (χ2n) is 5.14. The quantitative estimate of drug-likeness (QED) is 0.901. The monoisotopic (exact) mass is 328 g/mol. The van der Waals surface area contributed by atoms with Crippen LogP contribution in [0.4, 0.5) is 0 Å². The van der Waals surface area contributed by atoms with Crippen molar-refractivity contribution in [2.45, 2.75) is 19.0 Å². The van der Waals surface area contributed by atoms with Crippen molar-refractivity contribution in [1.82, 2.24) is 10.2 Å². The van der Waals surface area contributed by atoms with Crippen LogP contribution >= 0.6 is 23.4 Å². The molecular weight excluding hydrogens is 308 g/mol. The zero-order chi connectivity index (χ0) is 15.2. The number of hydrogen-bond donors (Lipinski definition) is 1. The molecule has 21 heavy (non-hydrogen) atoms. The molecule has 0 aliphatic carbocycles. The Morgan fingerprint density at radius 1 is 1.57 bits per heavy atom. The smallest absolute Gasteiger partial charge is 0.224 e. The number of carbonyl (C=O) groups excluding carboxylic acids is 1. The number of thioether (sulfide) groups is 1. The highest BCUT2D eigenvalue weighted by Crippen LogP contribution is 2.24. The maximum absolute atomic E-state index is 12.3. The van der Waals surface area contributed by atoms with Gasteiger partial charge in [-0.05, 0) is 18.2 Å². The molecule has 1 saturated heterocycles. The molecule has 1 aliphatic heterocycles. The summed E-state index contributed by atoms with van der Waals surface area (Å²) in [6.45, 7) is 1.48. The molecule has 1 amide bonds. The van der Waals surface area contributed by atoms with Crippen LogP contribution in [0.25, 0.3) is 0 Å². The Labute approximate surface area is 135 Å². The van der Waals surface area contributed by atoms with Gasteiger partial charge in [0.05, 0.1) is 7.11 Å². The van der Waals surface area contributed by atoms with Gasteiger partial charge in [-0.1, -0.05) is 11.6 Å². The number of halogens is 1. The fraction of sp³-hybridized carbons (Fsp3) is 0.533. The van der Waals surface area contributed by atoms with Gasteiger partial charge in [-0.3, -0.25) is 4.79 Å². The molecule has 1 aromatic rings. The average Bonchev–Trinajstić information content (AvgIpc) is 2.48. The highest BCUT2D eigenvalue weighted by molar-refractivity contribution is 7.99. The molecule has 0 spiro atoms. The summed E-state index contributed by atoms with van der Waals surface area (Å²) in [4.78, 5) is 14.0. The van der Waals surface area contributed by atoms with Crippen LogP contribution in [0.15, 0.2) is 18.2 Å². The Hall–Kier alpha value is -0.910. The first-order chi connectivity index (χ1) is 10.1. The predicted octanol–water partition coefficient (Wildman–Crippen LogP) is 2.40. The van der Waals surface area contributed by atoms with Gasteiger partial charge in [0, 0.05) is 54.7 Å². The van der Waals surface area contributed by atoms with E-state index >= 15 is 0 Å². The minimum Gasteiger partial charge on any atom is -0.496 e. The van der Waals surface area contributed by atoms with E-state index in [2.05, 4.69) is 5.32 Å². The van der Waals surface area contributed by atoms with E-state index in [1.807, 2.05) is 30.9 Å². The predicted molar refractivity (Wildman–Crippen MR) is 88.2 cm³/mol. The second kappa shape index (κ2) is 7.92. The number of nitrogens with one attached hydrogen (secondary N) is 1. The zero-order valence-corrected chi connectivity index (χ0v) is 14.0. The molecular formula is C15H21ClN2O2S. The van der Waals surface area contributed by atoms with Crippen molar-refractivity contribution in [3.05, 3.63) is 28.8 Å². The first-order valence-corrected chi connectivity index (χ1v) is 8.51. The summed E-state index contributed by atoms with van der Waals surface area (Å²) in [6, 6.07) is 5.74. The molecule has 116 valence electrons. The van der Waals surface area contributed by atoms with E-state index in [-0.39, 0.29) is 11.9 Å². The highest BCUT2D eigenvalue weighted by atomic mass is 35.5. The van der Waals surface area contributed by atoms with Gasteiger partial charge >= 0.3 is 0 Å². The van der Waals surface area contributed by atoms with E-state index in [1.165, 1.54) is 0 Å². The first kappa shape index (κ1) is 16.5. The second-order valence-corrected chi connectivity index (χ2v) is 6.72. The molecule has 1 aliphatic rings. The number of nitrogens with zero attached hydrogens (tertiary/aromatic N) is 1. The minimum atomic E-state index is 0.136. The van der Waals surface area contributed by atoms with E-state index < -0.39 is 0 Å². The van der Waals surface area contributed by atoms with E-state index in [4.69, 9.17) is 16.3 Å². The van der Waals surface area contributed by atoms with Crippen LogP contribution in [-0.4, -0.2) is 49.1 Å².